The van der Waals surface area contributed by atoms with Crippen LogP contribution in [0.1, 0.15) is 22.1 Å². The number of anilines is 1. The zero-order chi connectivity index (χ0) is 11.7. The molecule has 2 heterocycles. The third-order valence-electron chi connectivity index (χ3n) is 1.81. The highest BCUT2D eigenvalue weighted by Crippen LogP contribution is 2.23. The van der Waals surface area contributed by atoms with Crippen molar-refractivity contribution in [1.82, 2.24) is 9.97 Å². The molecule has 7 heteroatoms. The molecule has 2 aromatic heterocycles. The summed E-state index contributed by atoms with van der Waals surface area (Å²) in [7, 11) is 0. The van der Waals surface area contributed by atoms with Crippen LogP contribution in [-0.4, -0.2) is 15.9 Å². The molecular formula is C9H8ClN3O2S. The lowest BCUT2D eigenvalue weighted by Gasteiger charge is -1.97. The van der Waals surface area contributed by atoms with E-state index in [0.29, 0.717) is 21.1 Å². The van der Waals surface area contributed by atoms with Crippen molar-refractivity contribution in [3.8, 4) is 0 Å². The van der Waals surface area contributed by atoms with E-state index in [9.17, 15) is 4.79 Å². The number of carbonyl (C=O) groups is 1. The van der Waals surface area contributed by atoms with E-state index in [1.54, 1.807) is 13.8 Å². The predicted octanol–water partition coefficient (Wildman–Crippen LogP) is 2.65. The first kappa shape index (κ1) is 11.1. The minimum atomic E-state index is -0.371. The molecule has 2 rings (SSSR count). The Labute approximate surface area is 100 Å². The lowest BCUT2D eigenvalue weighted by molar-refractivity contribution is 0.0994. The number of carbonyl (C=O) groups excluding carboxylic acids is 1. The van der Waals surface area contributed by atoms with E-state index in [1.165, 1.54) is 17.5 Å². The third-order valence-corrected chi connectivity index (χ3v) is 2.84. The maximum atomic E-state index is 11.7. The minimum Gasteiger partial charge on any atom is -0.436 e. The van der Waals surface area contributed by atoms with Crippen LogP contribution in [0, 0.1) is 13.8 Å². The van der Waals surface area contributed by atoms with Crippen molar-refractivity contribution in [1.29, 1.82) is 0 Å². The average Bonchev–Trinajstić information content (AvgIpc) is 2.73. The molecule has 0 aliphatic rings. The normalized spacial score (nSPS) is 10.4. The summed E-state index contributed by atoms with van der Waals surface area (Å²) in [6.45, 7) is 3.39. The topological polar surface area (TPSA) is 68.0 Å². The molecule has 5 nitrogen and oxygen atoms in total. The molecule has 0 aromatic carbocycles. The quantitative estimate of drug-likeness (QED) is 0.898. The first-order valence-electron chi connectivity index (χ1n) is 4.43. The van der Waals surface area contributed by atoms with Gasteiger partial charge in [-0.3, -0.25) is 10.1 Å². The van der Waals surface area contributed by atoms with E-state index in [1.807, 2.05) is 0 Å². The molecule has 16 heavy (non-hydrogen) atoms. The standard InChI is InChI=1S/C9H8ClN3O2S/c1-4-7(15-5(2)12-4)8(14)13-9-11-3-6(10)16-9/h3H,1-2H3,(H,11,13,14). The summed E-state index contributed by atoms with van der Waals surface area (Å²) in [5, 5.41) is 3.02. The number of amides is 1. The van der Waals surface area contributed by atoms with Gasteiger partial charge in [-0.1, -0.05) is 22.9 Å². The van der Waals surface area contributed by atoms with Gasteiger partial charge in [-0.05, 0) is 6.92 Å². The second-order valence-corrected chi connectivity index (χ2v) is 4.73. The summed E-state index contributed by atoms with van der Waals surface area (Å²) in [6.07, 6.45) is 1.47. The largest absolute Gasteiger partial charge is 0.436 e. The zero-order valence-electron chi connectivity index (χ0n) is 8.57. The monoisotopic (exact) mass is 257 g/mol. The molecule has 1 N–H and O–H groups in total. The van der Waals surface area contributed by atoms with E-state index in [4.69, 9.17) is 16.0 Å². The number of oxazole rings is 1. The maximum Gasteiger partial charge on any atom is 0.295 e. The number of nitrogens with zero attached hydrogens (tertiary/aromatic N) is 2. The first-order valence-corrected chi connectivity index (χ1v) is 5.62. The van der Waals surface area contributed by atoms with Gasteiger partial charge in [0.2, 0.25) is 5.76 Å². The molecule has 84 valence electrons. The molecule has 0 saturated carbocycles. The third kappa shape index (κ3) is 2.23. The number of rotatable bonds is 2. The van der Waals surface area contributed by atoms with E-state index in [0.717, 1.165) is 0 Å². The number of hydrogen-bond acceptors (Lipinski definition) is 5. The SMILES string of the molecule is Cc1nc(C)c(C(=O)Nc2ncc(Cl)s2)o1. The fourth-order valence-corrected chi connectivity index (χ4v) is 2.02. The molecule has 0 fully saturated rings. The molecule has 0 atom stereocenters. The predicted molar refractivity (Wildman–Crippen MR) is 61.1 cm³/mol. The van der Waals surface area contributed by atoms with Crippen LogP contribution < -0.4 is 5.32 Å². The van der Waals surface area contributed by atoms with Gasteiger partial charge in [0.15, 0.2) is 11.0 Å². The van der Waals surface area contributed by atoms with Gasteiger partial charge in [-0.2, -0.15) is 0 Å². The molecule has 0 bridgehead atoms. The van der Waals surface area contributed by atoms with Crippen LogP contribution >= 0.6 is 22.9 Å². The highest BCUT2D eigenvalue weighted by Gasteiger charge is 2.17. The van der Waals surface area contributed by atoms with Gasteiger partial charge in [-0.15, -0.1) is 0 Å². The Morgan fingerprint density at radius 2 is 2.31 bits per heavy atom. The van der Waals surface area contributed by atoms with Crippen LogP contribution in [0.5, 0.6) is 0 Å². The summed E-state index contributed by atoms with van der Waals surface area (Å²) in [5.41, 5.74) is 0.553. The van der Waals surface area contributed by atoms with Gasteiger partial charge in [0.25, 0.3) is 5.91 Å². The van der Waals surface area contributed by atoms with Crippen molar-refractivity contribution in [2.45, 2.75) is 13.8 Å². The Morgan fingerprint density at radius 1 is 1.56 bits per heavy atom. The molecule has 0 saturated heterocycles. The summed E-state index contributed by atoms with van der Waals surface area (Å²) in [6, 6.07) is 0. The van der Waals surface area contributed by atoms with Crippen LogP contribution in [0.2, 0.25) is 4.34 Å². The number of aryl methyl sites for hydroxylation is 2. The highest BCUT2D eigenvalue weighted by molar-refractivity contribution is 7.19. The number of aromatic nitrogens is 2. The highest BCUT2D eigenvalue weighted by atomic mass is 35.5. The van der Waals surface area contributed by atoms with E-state index in [2.05, 4.69) is 15.3 Å². The summed E-state index contributed by atoms with van der Waals surface area (Å²) in [5.74, 6) is 0.285. The molecule has 2 aromatic rings. The Balaban J connectivity index is 2.17. The van der Waals surface area contributed by atoms with Gasteiger partial charge >= 0.3 is 0 Å². The molecule has 0 unspecified atom stereocenters. The molecule has 1 amide bonds. The lowest BCUT2D eigenvalue weighted by atomic mass is 10.3. The fraction of sp³-hybridized carbons (Fsp3) is 0.222. The van der Waals surface area contributed by atoms with Crippen molar-refractivity contribution >= 4 is 34.0 Å². The van der Waals surface area contributed by atoms with Gasteiger partial charge in [0.1, 0.15) is 4.34 Å². The van der Waals surface area contributed by atoms with Gasteiger partial charge in [-0.25, -0.2) is 9.97 Å². The van der Waals surface area contributed by atoms with E-state index >= 15 is 0 Å². The van der Waals surface area contributed by atoms with Gasteiger partial charge in [0, 0.05) is 6.92 Å². The maximum absolute atomic E-state index is 11.7. The number of nitrogens with one attached hydrogen (secondary N) is 1. The van der Waals surface area contributed by atoms with Crippen molar-refractivity contribution < 1.29 is 9.21 Å². The van der Waals surface area contributed by atoms with Gasteiger partial charge in [0.05, 0.1) is 11.9 Å². The van der Waals surface area contributed by atoms with Crippen LogP contribution in [0.25, 0.3) is 0 Å². The van der Waals surface area contributed by atoms with Crippen LogP contribution in [0.3, 0.4) is 0 Å². The summed E-state index contributed by atoms with van der Waals surface area (Å²) >= 11 is 6.88. The number of hydrogen-bond donors (Lipinski definition) is 1. The Hall–Kier alpha value is -1.40. The van der Waals surface area contributed by atoms with E-state index in [-0.39, 0.29) is 11.7 Å². The lowest BCUT2D eigenvalue weighted by Crippen LogP contribution is -2.11. The Morgan fingerprint density at radius 3 is 2.81 bits per heavy atom. The zero-order valence-corrected chi connectivity index (χ0v) is 10.1. The second-order valence-electron chi connectivity index (χ2n) is 3.07. The average molecular weight is 258 g/mol. The molecule has 0 radical (unpaired) electrons. The molecular weight excluding hydrogens is 250 g/mol. The number of thiazole rings is 1. The molecule has 0 spiro atoms. The number of halogens is 1. The first-order chi connectivity index (χ1) is 7.56. The van der Waals surface area contributed by atoms with Crippen molar-refractivity contribution in [2.24, 2.45) is 0 Å². The van der Waals surface area contributed by atoms with Gasteiger partial charge < -0.3 is 4.42 Å². The second kappa shape index (κ2) is 4.23. The fourth-order valence-electron chi connectivity index (χ4n) is 1.21. The molecule has 0 aliphatic heterocycles. The van der Waals surface area contributed by atoms with Crippen molar-refractivity contribution in [2.75, 3.05) is 5.32 Å². The minimum absolute atomic E-state index is 0.198. The summed E-state index contributed by atoms with van der Waals surface area (Å²) in [4.78, 5) is 19.7. The van der Waals surface area contributed by atoms with Crippen LogP contribution in [0.15, 0.2) is 10.6 Å². The van der Waals surface area contributed by atoms with Crippen LogP contribution in [-0.2, 0) is 0 Å². The van der Waals surface area contributed by atoms with E-state index < -0.39 is 0 Å². The smallest absolute Gasteiger partial charge is 0.295 e. The van der Waals surface area contributed by atoms with Crippen LogP contribution in [0.4, 0.5) is 5.13 Å². The van der Waals surface area contributed by atoms with Crippen molar-refractivity contribution in [3.63, 3.8) is 0 Å². The Bertz CT molecular complexity index is 535. The van der Waals surface area contributed by atoms with Crippen molar-refractivity contribution in [3.05, 3.63) is 27.9 Å². The molecule has 0 aliphatic carbocycles. The summed E-state index contributed by atoms with van der Waals surface area (Å²) < 4.78 is 5.69. The Kier molecular flexibility index (Phi) is 2.93.